The summed E-state index contributed by atoms with van der Waals surface area (Å²) < 4.78 is 17.2. The molecule has 0 bridgehead atoms. The summed E-state index contributed by atoms with van der Waals surface area (Å²) >= 11 is 0. The largest absolute Gasteiger partial charge is 0.492 e. The van der Waals surface area contributed by atoms with E-state index >= 15 is 0 Å². The maximum absolute atomic E-state index is 12.4. The van der Waals surface area contributed by atoms with Crippen LogP contribution in [-0.4, -0.2) is 18.6 Å². The van der Waals surface area contributed by atoms with Gasteiger partial charge < -0.3 is 19.2 Å². The molecule has 27 heavy (non-hydrogen) atoms. The van der Waals surface area contributed by atoms with Crippen LogP contribution in [0.4, 0.5) is 5.69 Å². The van der Waals surface area contributed by atoms with Crippen LogP contribution in [-0.2, 0) is 11.2 Å². The average molecular weight is 363 g/mol. The molecule has 0 saturated carbocycles. The van der Waals surface area contributed by atoms with E-state index in [0.29, 0.717) is 23.8 Å². The lowest BCUT2D eigenvalue weighted by Crippen LogP contribution is -2.10. The van der Waals surface area contributed by atoms with Gasteiger partial charge in [-0.05, 0) is 38.1 Å². The highest BCUT2D eigenvalue weighted by molar-refractivity contribution is 6.03. The summed E-state index contributed by atoms with van der Waals surface area (Å²) in [6.07, 6.45) is 4.08. The Kier molecular flexibility index (Phi) is 4.59. The second kappa shape index (κ2) is 7.19. The molecule has 1 N–H and O–H groups in total. The molecule has 4 rings (SSSR count). The fourth-order valence-corrected chi connectivity index (χ4v) is 3.23. The molecule has 2 aromatic carbocycles. The third kappa shape index (κ3) is 3.67. The van der Waals surface area contributed by atoms with E-state index in [-0.39, 0.29) is 12.0 Å². The molecule has 1 aromatic heterocycles. The first kappa shape index (κ1) is 17.2. The molecular weight excluding hydrogens is 342 g/mol. The number of hydrogen-bond acceptors (Lipinski definition) is 4. The Morgan fingerprint density at radius 3 is 2.96 bits per heavy atom. The first-order valence-electron chi connectivity index (χ1n) is 9.06. The summed E-state index contributed by atoms with van der Waals surface area (Å²) in [6, 6.07) is 13.4. The fourth-order valence-electron chi connectivity index (χ4n) is 3.23. The van der Waals surface area contributed by atoms with Crippen LogP contribution >= 0.6 is 0 Å². The number of anilines is 1. The van der Waals surface area contributed by atoms with E-state index in [1.54, 1.807) is 6.08 Å². The molecule has 1 aliphatic rings. The molecular formula is C22H21NO4. The van der Waals surface area contributed by atoms with Crippen LogP contribution in [0.2, 0.25) is 0 Å². The molecule has 1 aliphatic heterocycles. The zero-order chi connectivity index (χ0) is 18.8. The Labute approximate surface area is 157 Å². The standard InChI is InChI=1S/C22H21NO4/c1-3-25-21-12-16-10-14(2)26-20(16)13-18(21)23-22(24)9-8-17-11-15-6-4-5-7-19(15)27-17/h4-9,11-14H,3,10H2,1-2H3,(H,23,24)/b9-8+. The first-order valence-corrected chi connectivity index (χ1v) is 9.06. The molecule has 5 heteroatoms. The molecule has 1 atom stereocenters. The molecule has 0 spiro atoms. The summed E-state index contributed by atoms with van der Waals surface area (Å²) in [6.45, 7) is 4.46. The van der Waals surface area contributed by atoms with E-state index in [1.807, 2.05) is 56.3 Å². The Morgan fingerprint density at radius 1 is 1.30 bits per heavy atom. The van der Waals surface area contributed by atoms with Gasteiger partial charge in [-0.3, -0.25) is 4.79 Å². The lowest BCUT2D eigenvalue weighted by atomic mass is 10.1. The minimum absolute atomic E-state index is 0.133. The SMILES string of the molecule is CCOc1cc2c(cc1NC(=O)/C=C/c1cc3ccccc3o1)OC(C)C2. The lowest BCUT2D eigenvalue weighted by Gasteiger charge is -2.12. The van der Waals surface area contributed by atoms with Gasteiger partial charge in [0, 0.05) is 29.5 Å². The van der Waals surface area contributed by atoms with Gasteiger partial charge in [0.15, 0.2) is 0 Å². The van der Waals surface area contributed by atoms with Gasteiger partial charge in [-0.1, -0.05) is 18.2 Å². The maximum Gasteiger partial charge on any atom is 0.248 e. The molecule has 0 fully saturated rings. The zero-order valence-electron chi connectivity index (χ0n) is 15.3. The van der Waals surface area contributed by atoms with E-state index in [2.05, 4.69) is 5.32 Å². The smallest absolute Gasteiger partial charge is 0.248 e. The number of amides is 1. The second-order valence-electron chi connectivity index (χ2n) is 6.53. The van der Waals surface area contributed by atoms with E-state index < -0.39 is 0 Å². The molecule has 138 valence electrons. The van der Waals surface area contributed by atoms with Crippen molar-refractivity contribution >= 4 is 28.6 Å². The number of ether oxygens (including phenoxy) is 2. The third-order valence-electron chi connectivity index (χ3n) is 4.40. The Morgan fingerprint density at radius 2 is 2.15 bits per heavy atom. The number of nitrogens with one attached hydrogen (secondary N) is 1. The minimum Gasteiger partial charge on any atom is -0.492 e. The summed E-state index contributed by atoms with van der Waals surface area (Å²) in [5.41, 5.74) is 2.49. The van der Waals surface area contributed by atoms with Crippen LogP contribution in [0.5, 0.6) is 11.5 Å². The zero-order valence-corrected chi connectivity index (χ0v) is 15.3. The van der Waals surface area contributed by atoms with Crippen molar-refractivity contribution in [1.82, 2.24) is 0 Å². The van der Waals surface area contributed by atoms with Gasteiger partial charge in [0.05, 0.1) is 12.3 Å². The maximum atomic E-state index is 12.4. The van der Waals surface area contributed by atoms with Crippen LogP contribution < -0.4 is 14.8 Å². The summed E-state index contributed by atoms with van der Waals surface area (Å²) in [5, 5.41) is 3.87. The predicted octanol–water partition coefficient (Wildman–Crippen LogP) is 4.81. The molecule has 1 amide bonds. The van der Waals surface area contributed by atoms with E-state index in [9.17, 15) is 4.79 Å². The Hall–Kier alpha value is -3.21. The van der Waals surface area contributed by atoms with Gasteiger partial charge in [0.25, 0.3) is 0 Å². The Bertz CT molecular complexity index is 985. The van der Waals surface area contributed by atoms with Crippen molar-refractivity contribution in [2.75, 3.05) is 11.9 Å². The molecule has 3 aromatic rings. The van der Waals surface area contributed by atoms with Crippen LogP contribution in [0.25, 0.3) is 17.0 Å². The van der Waals surface area contributed by atoms with E-state index in [0.717, 1.165) is 28.7 Å². The van der Waals surface area contributed by atoms with E-state index in [1.165, 1.54) is 6.08 Å². The fraction of sp³-hybridized carbons (Fsp3) is 0.227. The normalized spacial score (nSPS) is 15.7. The molecule has 2 heterocycles. The number of benzene rings is 2. The Balaban J connectivity index is 1.52. The molecule has 5 nitrogen and oxygen atoms in total. The van der Waals surface area contributed by atoms with Crippen LogP contribution in [0.15, 0.2) is 53.0 Å². The first-order chi connectivity index (χ1) is 13.1. The van der Waals surface area contributed by atoms with Crippen molar-refractivity contribution in [3.63, 3.8) is 0 Å². The van der Waals surface area contributed by atoms with Crippen LogP contribution in [0, 0.1) is 0 Å². The molecule has 1 unspecified atom stereocenters. The highest BCUT2D eigenvalue weighted by Crippen LogP contribution is 2.38. The number of hydrogen-bond donors (Lipinski definition) is 1. The predicted molar refractivity (Wildman–Crippen MR) is 105 cm³/mol. The number of carbonyl (C=O) groups excluding carboxylic acids is 1. The van der Waals surface area contributed by atoms with Crippen molar-refractivity contribution in [3.05, 3.63) is 59.9 Å². The number of fused-ring (bicyclic) bond motifs is 2. The highest BCUT2D eigenvalue weighted by atomic mass is 16.5. The number of rotatable bonds is 5. The average Bonchev–Trinajstić information content (AvgIpc) is 3.22. The number of para-hydroxylation sites is 1. The van der Waals surface area contributed by atoms with Crippen LogP contribution in [0.1, 0.15) is 25.2 Å². The van der Waals surface area contributed by atoms with Gasteiger partial charge in [-0.25, -0.2) is 0 Å². The summed E-state index contributed by atoms with van der Waals surface area (Å²) in [5.74, 6) is 1.81. The van der Waals surface area contributed by atoms with Gasteiger partial charge >= 0.3 is 0 Å². The van der Waals surface area contributed by atoms with E-state index in [4.69, 9.17) is 13.9 Å². The van der Waals surface area contributed by atoms with Crippen molar-refractivity contribution in [2.24, 2.45) is 0 Å². The van der Waals surface area contributed by atoms with Gasteiger partial charge in [-0.2, -0.15) is 0 Å². The van der Waals surface area contributed by atoms with Crippen molar-refractivity contribution < 1.29 is 18.7 Å². The van der Waals surface area contributed by atoms with Gasteiger partial charge in [0.1, 0.15) is 28.9 Å². The second-order valence-corrected chi connectivity index (χ2v) is 6.53. The third-order valence-corrected chi connectivity index (χ3v) is 4.40. The van der Waals surface area contributed by atoms with Crippen LogP contribution in [0.3, 0.4) is 0 Å². The monoisotopic (exact) mass is 363 g/mol. The van der Waals surface area contributed by atoms with Crippen molar-refractivity contribution in [3.8, 4) is 11.5 Å². The highest BCUT2D eigenvalue weighted by Gasteiger charge is 2.22. The minimum atomic E-state index is -0.262. The van der Waals surface area contributed by atoms with Gasteiger partial charge in [-0.15, -0.1) is 0 Å². The quantitative estimate of drug-likeness (QED) is 0.661. The lowest BCUT2D eigenvalue weighted by molar-refractivity contribution is -0.111. The topological polar surface area (TPSA) is 60.7 Å². The molecule has 0 aliphatic carbocycles. The van der Waals surface area contributed by atoms with Crippen molar-refractivity contribution in [2.45, 2.75) is 26.4 Å². The molecule has 0 radical (unpaired) electrons. The van der Waals surface area contributed by atoms with Gasteiger partial charge in [0.2, 0.25) is 5.91 Å². The number of carbonyl (C=O) groups is 1. The number of furan rings is 1. The molecule has 0 saturated heterocycles. The van der Waals surface area contributed by atoms with Crippen molar-refractivity contribution in [1.29, 1.82) is 0 Å². The summed E-state index contributed by atoms with van der Waals surface area (Å²) in [7, 11) is 0. The summed E-state index contributed by atoms with van der Waals surface area (Å²) in [4.78, 5) is 12.4.